The Bertz CT molecular complexity index is 1040. The molecule has 1 N–H and O–H groups in total. The summed E-state index contributed by atoms with van der Waals surface area (Å²) in [6, 6.07) is 12.4. The summed E-state index contributed by atoms with van der Waals surface area (Å²) in [6.45, 7) is 0. The van der Waals surface area contributed by atoms with Crippen LogP contribution in [0.25, 0.3) is 23.0 Å². The van der Waals surface area contributed by atoms with E-state index in [2.05, 4.69) is 10.1 Å². The van der Waals surface area contributed by atoms with Crippen LogP contribution in [0, 0.1) is 0 Å². The zero-order valence-corrected chi connectivity index (χ0v) is 16.2. The predicted molar refractivity (Wildman–Crippen MR) is 106 cm³/mol. The molecule has 0 bridgehead atoms. The van der Waals surface area contributed by atoms with E-state index in [0.717, 1.165) is 5.56 Å². The van der Waals surface area contributed by atoms with E-state index < -0.39 is 5.97 Å². The second-order valence-corrected chi connectivity index (χ2v) is 6.01. The molecule has 0 aliphatic rings. The van der Waals surface area contributed by atoms with Gasteiger partial charge < -0.3 is 23.8 Å². The number of ether oxygens (including phenoxy) is 3. The van der Waals surface area contributed by atoms with Gasteiger partial charge in [-0.3, -0.25) is 4.79 Å². The summed E-state index contributed by atoms with van der Waals surface area (Å²) in [6.07, 6.45) is 1.41. The number of aliphatic carboxylic acids is 1. The Morgan fingerprint density at radius 1 is 1.07 bits per heavy atom. The molecule has 8 nitrogen and oxygen atoms in total. The van der Waals surface area contributed by atoms with Gasteiger partial charge in [-0.25, -0.2) is 0 Å². The smallest absolute Gasteiger partial charge is 0.308 e. The SMILES string of the molecule is COc1cccc(/C=C(\CC(=O)O)c2nc(-c3ccc(OC)c(OC)c3)no2)c1. The lowest BCUT2D eigenvalue weighted by Gasteiger charge is -2.07. The summed E-state index contributed by atoms with van der Waals surface area (Å²) in [5, 5.41) is 13.3. The maximum atomic E-state index is 11.3. The molecule has 0 radical (unpaired) electrons. The van der Waals surface area contributed by atoms with Gasteiger partial charge >= 0.3 is 5.97 Å². The number of methoxy groups -OCH3 is 3. The third kappa shape index (κ3) is 4.73. The average Bonchev–Trinajstić information content (AvgIpc) is 3.23. The molecule has 0 saturated carbocycles. The van der Waals surface area contributed by atoms with Crippen molar-refractivity contribution in [2.45, 2.75) is 6.42 Å². The molecule has 0 saturated heterocycles. The van der Waals surface area contributed by atoms with Gasteiger partial charge in [0.15, 0.2) is 11.5 Å². The minimum absolute atomic E-state index is 0.125. The molecule has 0 aliphatic carbocycles. The van der Waals surface area contributed by atoms with Gasteiger partial charge in [0.05, 0.1) is 27.8 Å². The van der Waals surface area contributed by atoms with Crippen LogP contribution in [0.3, 0.4) is 0 Å². The van der Waals surface area contributed by atoms with Crippen molar-refractivity contribution < 1.29 is 28.6 Å². The number of carboxylic acids is 1. The number of aromatic nitrogens is 2. The first-order chi connectivity index (χ1) is 14.0. The Labute approximate surface area is 167 Å². The van der Waals surface area contributed by atoms with Crippen LogP contribution in [0.15, 0.2) is 47.0 Å². The Balaban J connectivity index is 1.97. The Morgan fingerprint density at radius 3 is 2.55 bits per heavy atom. The fraction of sp³-hybridized carbons (Fsp3) is 0.190. The molecule has 2 aromatic carbocycles. The van der Waals surface area contributed by atoms with Gasteiger partial charge in [0, 0.05) is 11.1 Å². The molecule has 3 rings (SSSR count). The van der Waals surface area contributed by atoms with E-state index in [1.807, 2.05) is 12.1 Å². The molecule has 1 heterocycles. The molecule has 0 unspecified atom stereocenters. The predicted octanol–water partition coefficient (Wildman–Crippen LogP) is 3.78. The molecule has 0 aliphatic heterocycles. The molecule has 3 aromatic rings. The average molecular weight is 396 g/mol. The second kappa shape index (κ2) is 8.92. The summed E-state index contributed by atoms with van der Waals surface area (Å²) in [5.74, 6) is 1.18. The Kier molecular flexibility index (Phi) is 6.13. The molecular formula is C21H20N2O6. The van der Waals surface area contributed by atoms with Crippen molar-refractivity contribution in [2.24, 2.45) is 0 Å². The van der Waals surface area contributed by atoms with Crippen molar-refractivity contribution in [3.63, 3.8) is 0 Å². The number of carboxylic acid groups (broad SMARTS) is 1. The van der Waals surface area contributed by atoms with E-state index >= 15 is 0 Å². The minimum Gasteiger partial charge on any atom is -0.497 e. The number of carbonyl (C=O) groups is 1. The van der Waals surface area contributed by atoms with Crippen LogP contribution < -0.4 is 14.2 Å². The van der Waals surface area contributed by atoms with Crippen LogP contribution in [0.2, 0.25) is 0 Å². The lowest BCUT2D eigenvalue weighted by molar-refractivity contribution is -0.135. The largest absolute Gasteiger partial charge is 0.497 e. The first-order valence-electron chi connectivity index (χ1n) is 8.67. The molecule has 29 heavy (non-hydrogen) atoms. The van der Waals surface area contributed by atoms with E-state index in [0.29, 0.717) is 34.2 Å². The van der Waals surface area contributed by atoms with Crippen LogP contribution in [-0.4, -0.2) is 42.5 Å². The van der Waals surface area contributed by atoms with E-state index in [4.69, 9.17) is 18.7 Å². The third-order valence-electron chi connectivity index (χ3n) is 4.12. The molecule has 0 atom stereocenters. The molecule has 150 valence electrons. The highest BCUT2D eigenvalue weighted by atomic mass is 16.5. The van der Waals surface area contributed by atoms with Crippen molar-refractivity contribution in [1.82, 2.24) is 10.1 Å². The van der Waals surface area contributed by atoms with Crippen molar-refractivity contribution in [1.29, 1.82) is 0 Å². The van der Waals surface area contributed by atoms with Gasteiger partial charge in [-0.15, -0.1) is 0 Å². The van der Waals surface area contributed by atoms with Crippen LogP contribution in [0.4, 0.5) is 0 Å². The zero-order valence-electron chi connectivity index (χ0n) is 16.2. The number of hydrogen-bond acceptors (Lipinski definition) is 7. The van der Waals surface area contributed by atoms with Gasteiger partial charge in [0.1, 0.15) is 5.75 Å². The van der Waals surface area contributed by atoms with Crippen molar-refractivity contribution in [3.8, 4) is 28.6 Å². The van der Waals surface area contributed by atoms with Gasteiger partial charge in [-0.1, -0.05) is 17.3 Å². The molecule has 0 spiro atoms. The topological polar surface area (TPSA) is 104 Å². The lowest BCUT2D eigenvalue weighted by Crippen LogP contribution is -1.98. The van der Waals surface area contributed by atoms with E-state index in [-0.39, 0.29) is 12.3 Å². The highest BCUT2D eigenvalue weighted by molar-refractivity contribution is 5.89. The summed E-state index contributed by atoms with van der Waals surface area (Å²) < 4.78 is 21.1. The lowest BCUT2D eigenvalue weighted by atomic mass is 10.1. The highest BCUT2D eigenvalue weighted by Crippen LogP contribution is 2.32. The molecule has 0 amide bonds. The maximum absolute atomic E-state index is 11.3. The molecule has 1 aromatic heterocycles. The monoisotopic (exact) mass is 396 g/mol. The van der Waals surface area contributed by atoms with Crippen molar-refractivity contribution >= 4 is 17.6 Å². The number of hydrogen-bond donors (Lipinski definition) is 1. The number of rotatable bonds is 8. The normalized spacial score (nSPS) is 11.2. The third-order valence-corrected chi connectivity index (χ3v) is 4.12. The molecule has 8 heteroatoms. The van der Waals surface area contributed by atoms with Crippen LogP contribution in [-0.2, 0) is 4.79 Å². The van der Waals surface area contributed by atoms with Crippen LogP contribution in [0.1, 0.15) is 17.9 Å². The first-order valence-corrected chi connectivity index (χ1v) is 8.67. The summed E-state index contributed by atoms with van der Waals surface area (Å²) in [5.41, 5.74) is 1.78. The van der Waals surface area contributed by atoms with Gasteiger partial charge in [0.25, 0.3) is 5.89 Å². The Morgan fingerprint density at radius 2 is 1.86 bits per heavy atom. The first kappa shape index (κ1) is 19.9. The Hall–Kier alpha value is -3.81. The number of nitrogens with zero attached hydrogens (tertiary/aromatic N) is 2. The van der Waals surface area contributed by atoms with Crippen molar-refractivity contribution in [2.75, 3.05) is 21.3 Å². The van der Waals surface area contributed by atoms with Gasteiger partial charge in [-0.05, 0) is 42.0 Å². The quantitative estimate of drug-likeness (QED) is 0.613. The standard InChI is InChI=1S/C21H20N2O6/c1-26-16-6-4-5-13(10-16)9-15(12-19(24)25)21-22-20(23-29-21)14-7-8-17(27-2)18(11-14)28-3/h4-11H,12H2,1-3H3,(H,24,25)/b15-9+. The van der Waals surface area contributed by atoms with Crippen LogP contribution in [0.5, 0.6) is 17.2 Å². The van der Waals surface area contributed by atoms with E-state index in [1.165, 1.54) is 7.11 Å². The van der Waals surface area contributed by atoms with Gasteiger partial charge in [0.2, 0.25) is 5.82 Å². The summed E-state index contributed by atoms with van der Waals surface area (Å²) >= 11 is 0. The second-order valence-electron chi connectivity index (χ2n) is 6.01. The summed E-state index contributed by atoms with van der Waals surface area (Å²) in [7, 11) is 4.64. The van der Waals surface area contributed by atoms with Crippen LogP contribution >= 0.6 is 0 Å². The highest BCUT2D eigenvalue weighted by Gasteiger charge is 2.17. The fourth-order valence-corrected chi connectivity index (χ4v) is 2.73. The molecule has 0 fully saturated rings. The zero-order chi connectivity index (χ0) is 20.8. The van der Waals surface area contributed by atoms with E-state index in [1.54, 1.807) is 50.6 Å². The molecular weight excluding hydrogens is 376 g/mol. The summed E-state index contributed by atoms with van der Waals surface area (Å²) in [4.78, 5) is 15.7. The van der Waals surface area contributed by atoms with Gasteiger partial charge in [-0.2, -0.15) is 4.98 Å². The fourth-order valence-electron chi connectivity index (χ4n) is 2.73. The maximum Gasteiger partial charge on any atom is 0.308 e. The van der Waals surface area contributed by atoms with Crippen molar-refractivity contribution in [3.05, 3.63) is 53.9 Å². The van der Waals surface area contributed by atoms with E-state index in [9.17, 15) is 9.90 Å². The minimum atomic E-state index is -1.01. The number of benzene rings is 2.